The summed E-state index contributed by atoms with van der Waals surface area (Å²) >= 11 is 0. The van der Waals surface area contributed by atoms with Crippen molar-refractivity contribution in [3.63, 3.8) is 0 Å². The molecule has 0 aliphatic carbocycles. The number of carbonyl (C=O) groups excluding carboxylic acids is 1. The smallest absolute Gasteiger partial charge is 0.216 e. The summed E-state index contributed by atoms with van der Waals surface area (Å²) in [7, 11) is 0. The SMILES string of the molecule is CC(=O)NCCn1nnc(-c2ccccc2)n1. The maximum Gasteiger partial charge on any atom is 0.216 e. The largest absolute Gasteiger partial charge is 0.354 e. The normalized spacial score (nSPS) is 10.2. The Hall–Kier alpha value is -2.24. The summed E-state index contributed by atoms with van der Waals surface area (Å²) in [6.45, 7) is 2.49. The molecule has 1 heterocycles. The van der Waals surface area contributed by atoms with Gasteiger partial charge in [0, 0.05) is 19.0 Å². The van der Waals surface area contributed by atoms with Crippen LogP contribution in [0.3, 0.4) is 0 Å². The lowest BCUT2D eigenvalue weighted by Crippen LogP contribution is -2.25. The van der Waals surface area contributed by atoms with Crippen molar-refractivity contribution < 1.29 is 4.79 Å². The van der Waals surface area contributed by atoms with Gasteiger partial charge in [0.25, 0.3) is 0 Å². The van der Waals surface area contributed by atoms with Gasteiger partial charge in [0.2, 0.25) is 11.7 Å². The Morgan fingerprint density at radius 3 is 2.82 bits per heavy atom. The molecular weight excluding hydrogens is 218 g/mol. The summed E-state index contributed by atoms with van der Waals surface area (Å²) < 4.78 is 0. The molecule has 88 valence electrons. The minimum Gasteiger partial charge on any atom is -0.354 e. The number of nitrogens with one attached hydrogen (secondary N) is 1. The van der Waals surface area contributed by atoms with Crippen LogP contribution in [0.15, 0.2) is 30.3 Å². The zero-order valence-corrected chi connectivity index (χ0v) is 9.50. The molecule has 0 bridgehead atoms. The van der Waals surface area contributed by atoms with E-state index in [9.17, 15) is 4.79 Å². The molecule has 1 aromatic carbocycles. The second-order valence-electron chi connectivity index (χ2n) is 3.56. The highest BCUT2D eigenvalue weighted by Gasteiger charge is 2.04. The van der Waals surface area contributed by atoms with E-state index in [4.69, 9.17) is 0 Å². The Kier molecular flexibility index (Phi) is 3.44. The van der Waals surface area contributed by atoms with Crippen LogP contribution in [0.25, 0.3) is 11.4 Å². The molecule has 1 amide bonds. The van der Waals surface area contributed by atoms with Gasteiger partial charge in [-0.25, -0.2) is 0 Å². The van der Waals surface area contributed by atoms with Crippen LogP contribution in [0, 0.1) is 0 Å². The van der Waals surface area contributed by atoms with Gasteiger partial charge in [-0.05, 0) is 5.21 Å². The number of hydrogen-bond acceptors (Lipinski definition) is 4. The molecule has 0 saturated heterocycles. The zero-order valence-electron chi connectivity index (χ0n) is 9.50. The van der Waals surface area contributed by atoms with E-state index in [0.29, 0.717) is 18.9 Å². The van der Waals surface area contributed by atoms with Crippen molar-refractivity contribution in [2.24, 2.45) is 0 Å². The maximum absolute atomic E-state index is 10.7. The van der Waals surface area contributed by atoms with Crippen LogP contribution in [-0.4, -0.2) is 32.7 Å². The van der Waals surface area contributed by atoms with Crippen LogP contribution in [-0.2, 0) is 11.3 Å². The van der Waals surface area contributed by atoms with Crippen molar-refractivity contribution in [3.8, 4) is 11.4 Å². The number of hydrogen-bond donors (Lipinski definition) is 1. The summed E-state index contributed by atoms with van der Waals surface area (Å²) in [6, 6.07) is 9.63. The topological polar surface area (TPSA) is 72.7 Å². The molecule has 1 N–H and O–H groups in total. The fourth-order valence-corrected chi connectivity index (χ4v) is 1.37. The van der Waals surface area contributed by atoms with Gasteiger partial charge in [0.15, 0.2) is 0 Å². The quantitative estimate of drug-likeness (QED) is 0.830. The molecule has 0 saturated carbocycles. The van der Waals surface area contributed by atoms with Gasteiger partial charge in [-0.15, -0.1) is 10.2 Å². The van der Waals surface area contributed by atoms with Crippen molar-refractivity contribution in [1.82, 2.24) is 25.5 Å². The minimum absolute atomic E-state index is 0.0617. The van der Waals surface area contributed by atoms with E-state index in [1.54, 1.807) is 0 Å². The molecule has 6 nitrogen and oxygen atoms in total. The summed E-state index contributed by atoms with van der Waals surface area (Å²) in [6.07, 6.45) is 0. The van der Waals surface area contributed by atoms with Crippen molar-refractivity contribution >= 4 is 5.91 Å². The summed E-state index contributed by atoms with van der Waals surface area (Å²) in [5, 5.41) is 14.8. The first kappa shape index (κ1) is 11.3. The number of rotatable bonds is 4. The number of tetrazole rings is 1. The maximum atomic E-state index is 10.7. The van der Waals surface area contributed by atoms with Crippen molar-refractivity contribution in [3.05, 3.63) is 30.3 Å². The lowest BCUT2D eigenvalue weighted by molar-refractivity contribution is -0.119. The van der Waals surface area contributed by atoms with Crippen molar-refractivity contribution in [2.45, 2.75) is 13.5 Å². The lowest BCUT2D eigenvalue weighted by Gasteiger charge is -1.99. The average molecular weight is 231 g/mol. The van der Waals surface area contributed by atoms with E-state index in [1.807, 2.05) is 30.3 Å². The summed E-state index contributed by atoms with van der Waals surface area (Å²) in [5.74, 6) is 0.529. The number of aromatic nitrogens is 4. The highest BCUT2D eigenvalue weighted by molar-refractivity contribution is 5.72. The van der Waals surface area contributed by atoms with Gasteiger partial charge in [0.05, 0.1) is 6.54 Å². The molecule has 0 unspecified atom stereocenters. The van der Waals surface area contributed by atoms with E-state index in [1.165, 1.54) is 11.7 Å². The number of benzene rings is 1. The van der Waals surface area contributed by atoms with E-state index in [2.05, 4.69) is 20.7 Å². The number of carbonyl (C=O) groups is 1. The second-order valence-corrected chi connectivity index (χ2v) is 3.56. The van der Waals surface area contributed by atoms with Crippen LogP contribution in [0.4, 0.5) is 0 Å². The highest BCUT2D eigenvalue weighted by atomic mass is 16.1. The third kappa shape index (κ3) is 3.10. The highest BCUT2D eigenvalue weighted by Crippen LogP contribution is 2.11. The second kappa shape index (κ2) is 5.20. The van der Waals surface area contributed by atoms with Crippen LogP contribution < -0.4 is 5.32 Å². The van der Waals surface area contributed by atoms with E-state index >= 15 is 0 Å². The Morgan fingerprint density at radius 2 is 2.12 bits per heavy atom. The van der Waals surface area contributed by atoms with Gasteiger partial charge < -0.3 is 5.32 Å². The fraction of sp³-hybridized carbons (Fsp3) is 0.273. The summed E-state index contributed by atoms with van der Waals surface area (Å²) in [5.41, 5.74) is 0.929. The third-order valence-corrected chi connectivity index (χ3v) is 2.17. The predicted molar refractivity (Wildman–Crippen MR) is 61.9 cm³/mol. The molecular formula is C11H13N5O. The molecule has 6 heteroatoms. The van der Waals surface area contributed by atoms with Crippen LogP contribution >= 0.6 is 0 Å². The zero-order chi connectivity index (χ0) is 12.1. The monoisotopic (exact) mass is 231 g/mol. The first-order valence-corrected chi connectivity index (χ1v) is 5.33. The minimum atomic E-state index is -0.0617. The van der Waals surface area contributed by atoms with Gasteiger partial charge in [-0.3, -0.25) is 4.79 Å². The third-order valence-electron chi connectivity index (χ3n) is 2.17. The fourth-order valence-electron chi connectivity index (χ4n) is 1.37. The Bertz CT molecular complexity index is 494. The number of amides is 1. The number of nitrogens with zero attached hydrogens (tertiary/aromatic N) is 4. The Morgan fingerprint density at radius 1 is 1.35 bits per heavy atom. The van der Waals surface area contributed by atoms with Gasteiger partial charge in [0.1, 0.15) is 0 Å². The summed E-state index contributed by atoms with van der Waals surface area (Å²) in [4.78, 5) is 12.2. The predicted octanol–water partition coefficient (Wildman–Crippen LogP) is 0.476. The van der Waals surface area contributed by atoms with Crippen LogP contribution in [0.5, 0.6) is 0 Å². The van der Waals surface area contributed by atoms with Gasteiger partial charge >= 0.3 is 0 Å². The molecule has 0 fully saturated rings. The van der Waals surface area contributed by atoms with Crippen LogP contribution in [0.1, 0.15) is 6.92 Å². The Balaban J connectivity index is 1.99. The van der Waals surface area contributed by atoms with Gasteiger partial charge in [-0.2, -0.15) is 4.80 Å². The molecule has 0 atom stereocenters. The molecule has 1 aromatic heterocycles. The van der Waals surface area contributed by atoms with Gasteiger partial charge in [-0.1, -0.05) is 30.3 Å². The molecule has 0 spiro atoms. The molecule has 0 aliphatic heterocycles. The molecule has 0 radical (unpaired) electrons. The Labute approximate surface area is 98.6 Å². The van der Waals surface area contributed by atoms with Crippen molar-refractivity contribution in [2.75, 3.05) is 6.54 Å². The molecule has 17 heavy (non-hydrogen) atoms. The molecule has 2 rings (SSSR count). The lowest BCUT2D eigenvalue weighted by atomic mass is 10.2. The molecule has 2 aromatic rings. The van der Waals surface area contributed by atoms with Crippen LogP contribution in [0.2, 0.25) is 0 Å². The first-order valence-electron chi connectivity index (χ1n) is 5.33. The standard InChI is InChI=1S/C11H13N5O/c1-9(17)12-7-8-16-14-11(13-15-16)10-5-3-2-4-6-10/h2-6H,7-8H2,1H3,(H,12,17). The van der Waals surface area contributed by atoms with E-state index in [0.717, 1.165) is 5.56 Å². The molecule has 0 aliphatic rings. The van der Waals surface area contributed by atoms with Crippen molar-refractivity contribution in [1.29, 1.82) is 0 Å². The van der Waals surface area contributed by atoms with E-state index < -0.39 is 0 Å². The van der Waals surface area contributed by atoms with E-state index in [-0.39, 0.29) is 5.91 Å². The average Bonchev–Trinajstić information content (AvgIpc) is 2.78. The first-order chi connectivity index (χ1) is 8.25.